The van der Waals surface area contributed by atoms with Gasteiger partial charge in [0.05, 0.1) is 6.67 Å². The van der Waals surface area contributed by atoms with E-state index < -0.39 is 0 Å². The van der Waals surface area contributed by atoms with E-state index in [1.165, 1.54) is 6.07 Å². The molecule has 1 aliphatic heterocycles. The van der Waals surface area contributed by atoms with Crippen molar-refractivity contribution < 1.29 is 8.78 Å². The number of alkyl halides is 1. The van der Waals surface area contributed by atoms with Crippen LogP contribution in [-0.2, 0) is 6.42 Å². The van der Waals surface area contributed by atoms with Crippen LogP contribution in [0.25, 0.3) is 0 Å². The van der Waals surface area contributed by atoms with Gasteiger partial charge in [-0.1, -0.05) is 22.0 Å². The summed E-state index contributed by atoms with van der Waals surface area (Å²) in [5.41, 5.74) is 0.788. The molecule has 0 aromatic heterocycles. The lowest BCUT2D eigenvalue weighted by Gasteiger charge is -2.15. The van der Waals surface area contributed by atoms with Crippen molar-refractivity contribution in [3.05, 3.63) is 34.1 Å². The number of benzene rings is 1. The SMILES string of the molecule is FCCCN1CCC(Cc2ccc(Br)cc2F)C1. The molecule has 1 aromatic carbocycles. The summed E-state index contributed by atoms with van der Waals surface area (Å²) in [6.45, 7) is 2.57. The summed E-state index contributed by atoms with van der Waals surface area (Å²) in [6, 6.07) is 5.25. The molecule has 1 atom stereocenters. The molecule has 1 aliphatic rings. The van der Waals surface area contributed by atoms with Crippen molar-refractivity contribution in [3.8, 4) is 0 Å². The average molecular weight is 318 g/mol. The fraction of sp³-hybridized carbons (Fsp3) is 0.571. The molecule has 0 bridgehead atoms. The van der Waals surface area contributed by atoms with Crippen molar-refractivity contribution in [1.82, 2.24) is 4.90 Å². The Balaban J connectivity index is 1.87. The van der Waals surface area contributed by atoms with Gasteiger partial charge < -0.3 is 4.90 Å². The van der Waals surface area contributed by atoms with Gasteiger partial charge in [-0.05, 0) is 49.4 Å². The Morgan fingerprint density at radius 2 is 2.22 bits per heavy atom. The van der Waals surface area contributed by atoms with Gasteiger partial charge >= 0.3 is 0 Å². The Morgan fingerprint density at radius 3 is 2.94 bits per heavy atom. The van der Waals surface area contributed by atoms with Crippen LogP contribution in [0.2, 0.25) is 0 Å². The lowest BCUT2D eigenvalue weighted by Crippen LogP contribution is -2.22. The van der Waals surface area contributed by atoms with Gasteiger partial charge in [-0.3, -0.25) is 4.39 Å². The minimum Gasteiger partial charge on any atom is -0.303 e. The molecule has 18 heavy (non-hydrogen) atoms. The minimum absolute atomic E-state index is 0.133. The number of halogens is 3. The maximum absolute atomic E-state index is 13.7. The molecule has 1 heterocycles. The van der Waals surface area contributed by atoms with E-state index in [0.29, 0.717) is 12.3 Å². The Bertz CT molecular complexity index is 397. The highest BCUT2D eigenvalue weighted by Crippen LogP contribution is 2.23. The van der Waals surface area contributed by atoms with E-state index in [9.17, 15) is 8.78 Å². The average Bonchev–Trinajstić information content (AvgIpc) is 2.78. The van der Waals surface area contributed by atoms with Crippen LogP contribution in [0.15, 0.2) is 22.7 Å². The monoisotopic (exact) mass is 317 g/mol. The molecule has 0 aliphatic carbocycles. The summed E-state index contributed by atoms with van der Waals surface area (Å²) in [5.74, 6) is 0.367. The number of likely N-dealkylation sites (tertiary alicyclic amines) is 1. The zero-order valence-corrected chi connectivity index (χ0v) is 11.9. The Labute approximate surface area is 115 Å². The zero-order chi connectivity index (χ0) is 13.0. The minimum atomic E-state index is -0.248. The molecule has 1 fully saturated rings. The molecule has 0 amide bonds. The normalized spacial score (nSPS) is 20.5. The predicted octanol–water partition coefficient (Wildman–Crippen LogP) is 3.81. The summed E-state index contributed by atoms with van der Waals surface area (Å²) in [4.78, 5) is 2.28. The van der Waals surface area contributed by atoms with Crippen LogP contribution in [0.4, 0.5) is 8.78 Å². The van der Waals surface area contributed by atoms with E-state index in [1.807, 2.05) is 12.1 Å². The maximum atomic E-state index is 13.7. The summed E-state index contributed by atoms with van der Waals surface area (Å²) in [5, 5.41) is 0. The first kappa shape index (κ1) is 13.9. The van der Waals surface area contributed by atoms with E-state index in [1.54, 1.807) is 0 Å². The van der Waals surface area contributed by atoms with Gasteiger partial charge in [0.25, 0.3) is 0 Å². The first-order chi connectivity index (χ1) is 8.69. The number of nitrogens with zero attached hydrogens (tertiary/aromatic N) is 1. The second-order valence-corrected chi connectivity index (χ2v) is 5.85. The number of hydrogen-bond acceptors (Lipinski definition) is 1. The predicted molar refractivity (Wildman–Crippen MR) is 72.9 cm³/mol. The van der Waals surface area contributed by atoms with Gasteiger partial charge in [-0.2, -0.15) is 0 Å². The molecule has 4 heteroatoms. The van der Waals surface area contributed by atoms with E-state index in [0.717, 1.165) is 42.5 Å². The molecule has 0 radical (unpaired) electrons. The van der Waals surface area contributed by atoms with Crippen LogP contribution in [0, 0.1) is 11.7 Å². The van der Waals surface area contributed by atoms with Crippen LogP contribution in [0.5, 0.6) is 0 Å². The van der Waals surface area contributed by atoms with Gasteiger partial charge in [0.2, 0.25) is 0 Å². The van der Waals surface area contributed by atoms with Crippen molar-refractivity contribution in [3.63, 3.8) is 0 Å². The lowest BCUT2D eigenvalue weighted by molar-refractivity contribution is 0.301. The third kappa shape index (κ3) is 3.75. The van der Waals surface area contributed by atoms with Gasteiger partial charge in [-0.15, -0.1) is 0 Å². The highest BCUT2D eigenvalue weighted by molar-refractivity contribution is 9.10. The summed E-state index contributed by atoms with van der Waals surface area (Å²) in [7, 11) is 0. The molecule has 1 nitrogen and oxygen atoms in total. The number of hydrogen-bond donors (Lipinski definition) is 0. The van der Waals surface area contributed by atoms with E-state index in [4.69, 9.17) is 0 Å². The Kier molecular flexibility index (Phi) is 5.13. The summed E-state index contributed by atoms with van der Waals surface area (Å²) >= 11 is 3.26. The highest BCUT2D eigenvalue weighted by atomic mass is 79.9. The molecule has 0 saturated carbocycles. The molecular weight excluding hydrogens is 300 g/mol. The Morgan fingerprint density at radius 1 is 1.39 bits per heavy atom. The van der Waals surface area contributed by atoms with Crippen LogP contribution in [0.3, 0.4) is 0 Å². The fourth-order valence-corrected chi connectivity index (χ4v) is 2.90. The zero-order valence-electron chi connectivity index (χ0n) is 10.3. The van der Waals surface area contributed by atoms with Crippen molar-refractivity contribution in [2.24, 2.45) is 5.92 Å². The van der Waals surface area contributed by atoms with E-state index in [-0.39, 0.29) is 12.5 Å². The molecular formula is C14H18BrF2N. The van der Waals surface area contributed by atoms with Crippen LogP contribution in [-0.4, -0.2) is 31.2 Å². The van der Waals surface area contributed by atoms with Crippen LogP contribution in [0.1, 0.15) is 18.4 Å². The lowest BCUT2D eigenvalue weighted by atomic mass is 9.98. The second kappa shape index (κ2) is 6.62. The van der Waals surface area contributed by atoms with Crippen LogP contribution < -0.4 is 0 Å². The van der Waals surface area contributed by atoms with Crippen molar-refractivity contribution >= 4 is 15.9 Å². The third-order valence-corrected chi connectivity index (χ3v) is 3.99. The van der Waals surface area contributed by atoms with Crippen molar-refractivity contribution in [1.29, 1.82) is 0 Å². The largest absolute Gasteiger partial charge is 0.303 e. The van der Waals surface area contributed by atoms with Gasteiger partial charge in [0, 0.05) is 17.6 Å². The quantitative estimate of drug-likeness (QED) is 0.798. The third-order valence-electron chi connectivity index (χ3n) is 3.50. The molecule has 0 spiro atoms. The molecule has 0 N–H and O–H groups in total. The van der Waals surface area contributed by atoms with Gasteiger partial charge in [-0.25, -0.2) is 4.39 Å². The van der Waals surface area contributed by atoms with Crippen molar-refractivity contribution in [2.45, 2.75) is 19.3 Å². The Hall–Kier alpha value is -0.480. The summed E-state index contributed by atoms with van der Waals surface area (Å²) < 4.78 is 26.6. The standard InChI is InChI=1S/C14H18BrF2N/c15-13-3-2-12(14(17)9-13)8-11-4-7-18(10-11)6-1-5-16/h2-3,9,11H,1,4-8,10H2. The van der Waals surface area contributed by atoms with Gasteiger partial charge in [0.1, 0.15) is 5.82 Å². The number of rotatable bonds is 5. The molecule has 100 valence electrons. The fourth-order valence-electron chi connectivity index (χ4n) is 2.56. The first-order valence-electron chi connectivity index (χ1n) is 6.41. The highest BCUT2D eigenvalue weighted by Gasteiger charge is 2.23. The second-order valence-electron chi connectivity index (χ2n) is 4.94. The van der Waals surface area contributed by atoms with Crippen LogP contribution >= 0.6 is 15.9 Å². The van der Waals surface area contributed by atoms with E-state index >= 15 is 0 Å². The molecule has 2 rings (SSSR count). The molecule has 1 aromatic rings. The first-order valence-corrected chi connectivity index (χ1v) is 7.20. The topological polar surface area (TPSA) is 3.24 Å². The van der Waals surface area contributed by atoms with Gasteiger partial charge in [0.15, 0.2) is 0 Å². The smallest absolute Gasteiger partial charge is 0.127 e. The maximum Gasteiger partial charge on any atom is 0.127 e. The molecule has 1 unspecified atom stereocenters. The summed E-state index contributed by atoms with van der Waals surface area (Å²) in [6.07, 6.45) is 2.48. The van der Waals surface area contributed by atoms with Crippen molar-refractivity contribution in [2.75, 3.05) is 26.3 Å². The van der Waals surface area contributed by atoms with E-state index in [2.05, 4.69) is 20.8 Å². The molecule has 1 saturated heterocycles.